The van der Waals surface area contributed by atoms with Crippen LogP contribution in [0.2, 0.25) is 0 Å². The lowest BCUT2D eigenvalue weighted by atomic mass is 10.1. The number of halogens is 3. The van der Waals surface area contributed by atoms with Gasteiger partial charge in [0.15, 0.2) is 11.6 Å². The van der Waals surface area contributed by atoms with Crippen LogP contribution in [0.4, 0.5) is 30.2 Å². The van der Waals surface area contributed by atoms with Crippen molar-refractivity contribution in [3.63, 3.8) is 0 Å². The van der Waals surface area contributed by atoms with Gasteiger partial charge in [-0.05, 0) is 24.3 Å². The molecule has 0 spiro atoms. The maximum absolute atomic E-state index is 13.7. The average molecular weight is 289 g/mol. The third-order valence-electron chi connectivity index (χ3n) is 3.03. The summed E-state index contributed by atoms with van der Waals surface area (Å²) in [6.45, 7) is 0. The summed E-state index contributed by atoms with van der Waals surface area (Å²) in [6.07, 6.45) is 1.50. The van der Waals surface area contributed by atoms with E-state index in [1.54, 1.807) is 24.3 Å². The zero-order valence-corrected chi connectivity index (χ0v) is 10.7. The maximum atomic E-state index is 13.7. The first kappa shape index (κ1) is 13.2. The van der Waals surface area contributed by atoms with Gasteiger partial charge < -0.3 is 11.1 Å². The molecule has 1 aromatic heterocycles. The molecule has 6 heteroatoms. The van der Waals surface area contributed by atoms with E-state index in [1.807, 2.05) is 0 Å². The second-order valence-electron chi connectivity index (χ2n) is 4.51. The van der Waals surface area contributed by atoms with Crippen LogP contribution in [0.1, 0.15) is 0 Å². The zero-order valence-electron chi connectivity index (χ0n) is 10.7. The van der Waals surface area contributed by atoms with Crippen LogP contribution in [-0.2, 0) is 0 Å². The fourth-order valence-electron chi connectivity index (χ4n) is 2.07. The summed E-state index contributed by atoms with van der Waals surface area (Å²) >= 11 is 0. The monoisotopic (exact) mass is 289 g/mol. The van der Waals surface area contributed by atoms with Gasteiger partial charge in [0.1, 0.15) is 5.82 Å². The molecule has 3 N–H and O–H groups in total. The Hall–Kier alpha value is -2.76. The summed E-state index contributed by atoms with van der Waals surface area (Å²) < 4.78 is 40.1. The molecule has 0 saturated carbocycles. The molecule has 0 bridgehead atoms. The van der Waals surface area contributed by atoms with E-state index in [0.29, 0.717) is 28.3 Å². The van der Waals surface area contributed by atoms with Crippen LogP contribution in [0.3, 0.4) is 0 Å². The summed E-state index contributed by atoms with van der Waals surface area (Å²) in [5.74, 6) is -3.25. The van der Waals surface area contributed by atoms with Gasteiger partial charge in [0, 0.05) is 35.1 Å². The van der Waals surface area contributed by atoms with E-state index in [-0.39, 0.29) is 5.69 Å². The Morgan fingerprint density at radius 1 is 0.952 bits per heavy atom. The summed E-state index contributed by atoms with van der Waals surface area (Å²) in [5, 5.41) is 3.34. The number of aromatic nitrogens is 1. The standard InChI is InChI=1S/C15H10F3N3/c16-8-5-11(17)15(18)14(6-8)21-12-3-4-20-13-7-9(19)1-2-10(12)13/h1-7H,19H2,(H,20,21). The maximum Gasteiger partial charge on any atom is 0.182 e. The number of benzene rings is 2. The molecule has 0 aliphatic rings. The Morgan fingerprint density at radius 2 is 1.76 bits per heavy atom. The highest BCUT2D eigenvalue weighted by molar-refractivity contribution is 5.94. The van der Waals surface area contributed by atoms with Crippen LogP contribution < -0.4 is 11.1 Å². The molecular weight excluding hydrogens is 279 g/mol. The minimum atomic E-state index is -1.25. The Bertz CT molecular complexity index is 834. The Kier molecular flexibility index (Phi) is 3.13. The molecule has 1 heterocycles. The molecule has 3 rings (SSSR count). The molecule has 0 radical (unpaired) electrons. The molecule has 2 aromatic carbocycles. The molecule has 0 saturated heterocycles. The lowest BCUT2D eigenvalue weighted by Crippen LogP contribution is -1.99. The second kappa shape index (κ2) is 4.97. The topological polar surface area (TPSA) is 50.9 Å². The smallest absolute Gasteiger partial charge is 0.182 e. The predicted molar refractivity (Wildman–Crippen MR) is 75.8 cm³/mol. The Balaban J connectivity index is 2.10. The van der Waals surface area contributed by atoms with Crippen molar-refractivity contribution in [1.82, 2.24) is 4.98 Å². The third kappa shape index (κ3) is 2.47. The lowest BCUT2D eigenvalue weighted by molar-refractivity contribution is 0.498. The first-order chi connectivity index (χ1) is 10.0. The van der Waals surface area contributed by atoms with Crippen LogP contribution in [-0.4, -0.2) is 4.98 Å². The number of hydrogen-bond donors (Lipinski definition) is 2. The van der Waals surface area contributed by atoms with Gasteiger partial charge in [-0.25, -0.2) is 13.2 Å². The highest BCUT2D eigenvalue weighted by Crippen LogP contribution is 2.28. The number of nitrogens with one attached hydrogen (secondary N) is 1. The van der Waals surface area contributed by atoms with Gasteiger partial charge in [0.25, 0.3) is 0 Å². The highest BCUT2D eigenvalue weighted by atomic mass is 19.2. The minimum absolute atomic E-state index is 0.281. The molecule has 0 atom stereocenters. The fourth-order valence-corrected chi connectivity index (χ4v) is 2.07. The number of rotatable bonds is 2. The van der Waals surface area contributed by atoms with Crippen LogP contribution in [0.5, 0.6) is 0 Å². The van der Waals surface area contributed by atoms with Crippen LogP contribution in [0, 0.1) is 17.5 Å². The molecule has 0 unspecified atom stereocenters. The Labute approximate surface area is 118 Å². The number of nitrogens with zero attached hydrogens (tertiary/aromatic N) is 1. The van der Waals surface area contributed by atoms with Crippen molar-refractivity contribution < 1.29 is 13.2 Å². The van der Waals surface area contributed by atoms with E-state index in [2.05, 4.69) is 10.3 Å². The highest BCUT2D eigenvalue weighted by Gasteiger charge is 2.12. The van der Waals surface area contributed by atoms with Crippen molar-refractivity contribution in [3.8, 4) is 0 Å². The van der Waals surface area contributed by atoms with Crippen molar-refractivity contribution in [2.75, 3.05) is 11.1 Å². The summed E-state index contributed by atoms with van der Waals surface area (Å²) in [5.41, 5.74) is 7.00. The van der Waals surface area contributed by atoms with Crippen LogP contribution in [0.25, 0.3) is 10.9 Å². The van der Waals surface area contributed by atoms with Crippen LogP contribution >= 0.6 is 0 Å². The second-order valence-corrected chi connectivity index (χ2v) is 4.51. The molecule has 0 aliphatic carbocycles. The number of fused-ring (bicyclic) bond motifs is 1. The number of nitrogens with two attached hydrogens (primary N) is 1. The largest absolute Gasteiger partial charge is 0.399 e. The van der Waals surface area contributed by atoms with Crippen molar-refractivity contribution >= 4 is 28.0 Å². The van der Waals surface area contributed by atoms with Gasteiger partial charge >= 0.3 is 0 Å². The van der Waals surface area contributed by atoms with Crippen LogP contribution in [0.15, 0.2) is 42.6 Å². The van der Waals surface area contributed by atoms with E-state index in [4.69, 9.17) is 5.73 Å². The van der Waals surface area contributed by atoms with Gasteiger partial charge in [-0.1, -0.05) is 0 Å². The molecule has 21 heavy (non-hydrogen) atoms. The summed E-state index contributed by atoms with van der Waals surface area (Å²) in [6, 6.07) is 7.99. The number of pyridine rings is 1. The predicted octanol–water partition coefficient (Wildman–Crippen LogP) is 3.98. The van der Waals surface area contributed by atoms with E-state index >= 15 is 0 Å². The first-order valence-corrected chi connectivity index (χ1v) is 6.10. The first-order valence-electron chi connectivity index (χ1n) is 6.10. The number of nitrogen functional groups attached to an aromatic ring is 1. The van der Waals surface area contributed by atoms with Crippen molar-refractivity contribution in [2.45, 2.75) is 0 Å². The number of anilines is 3. The molecule has 3 nitrogen and oxygen atoms in total. The molecule has 0 aliphatic heterocycles. The van der Waals surface area contributed by atoms with Crippen molar-refractivity contribution in [3.05, 3.63) is 60.0 Å². The SMILES string of the molecule is Nc1ccc2c(Nc3cc(F)cc(F)c3F)ccnc2c1. The van der Waals surface area contributed by atoms with Gasteiger partial charge in [0.2, 0.25) is 0 Å². The van der Waals surface area contributed by atoms with Gasteiger partial charge in [-0.3, -0.25) is 4.98 Å². The van der Waals surface area contributed by atoms with Crippen molar-refractivity contribution in [2.24, 2.45) is 0 Å². The van der Waals surface area contributed by atoms with E-state index in [1.165, 1.54) is 6.20 Å². The zero-order chi connectivity index (χ0) is 15.0. The van der Waals surface area contributed by atoms with E-state index < -0.39 is 17.5 Å². The normalized spacial score (nSPS) is 10.8. The minimum Gasteiger partial charge on any atom is -0.399 e. The van der Waals surface area contributed by atoms with E-state index in [0.717, 1.165) is 6.07 Å². The summed E-state index contributed by atoms with van der Waals surface area (Å²) in [7, 11) is 0. The van der Waals surface area contributed by atoms with E-state index in [9.17, 15) is 13.2 Å². The van der Waals surface area contributed by atoms with Gasteiger partial charge in [0.05, 0.1) is 11.2 Å². The molecule has 106 valence electrons. The molecule has 0 amide bonds. The quantitative estimate of drug-likeness (QED) is 0.554. The fraction of sp³-hybridized carbons (Fsp3) is 0. The lowest BCUT2D eigenvalue weighted by Gasteiger charge is -2.11. The molecular formula is C15H10F3N3. The number of hydrogen-bond acceptors (Lipinski definition) is 3. The van der Waals surface area contributed by atoms with Gasteiger partial charge in [-0.2, -0.15) is 0 Å². The Morgan fingerprint density at radius 3 is 2.57 bits per heavy atom. The molecule has 0 fully saturated rings. The average Bonchev–Trinajstić information content (AvgIpc) is 2.44. The summed E-state index contributed by atoms with van der Waals surface area (Å²) in [4.78, 5) is 4.14. The molecule has 3 aromatic rings. The third-order valence-corrected chi connectivity index (χ3v) is 3.03. The van der Waals surface area contributed by atoms with Crippen molar-refractivity contribution in [1.29, 1.82) is 0 Å². The van der Waals surface area contributed by atoms with Gasteiger partial charge in [-0.15, -0.1) is 0 Å².